The number of amides is 2. The van der Waals surface area contributed by atoms with Gasteiger partial charge < -0.3 is 4.90 Å². The van der Waals surface area contributed by atoms with Crippen LogP contribution < -0.4 is 0 Å². The Morgan fingerprint density at radius 1 is 1.71 bits per heavy atom. The van der Waals surface area contributed by atoms with E-state index in [1.54, 1.807) is 11.0 Å². The number of urea groups is 1. The molecule has 78 valence electrons. The van der Waals surface area contributed by atoms with Gasteiger partial charge in [-0.25, -0.2) is 4.79 Å². The van der Waals surface area contributed by atoms with Crippen LogP contribution in [0.5, 0.6) is 0 Å². The molecule has 0 aromatic carbocycles. The number of hydrogen-bond acceptors (Lipinski definition) is 3. The van der Waals surface area contributed by atoms with Crippen LogP contribution in [0.25, 0.3) is 0 Å². The lowest BCUT2D eigenvalue weighted by Crippen LogP contribution is -2.52. The maximum Gasteiger partial charge on any atom is 0.327 e. The summed E-state index contributed by atoms with van der Waals surface area (Å²) in [6, 6.07) is 0.0825. The molecule has 14 heavy (non-hydrogen) atoms. The first-order valence-corrected chi connectivity index (χ1v) is 5.47. The Labute approximate surface area is 88.5 Å². The molecule has 4 nitrogen and oxygen atoms in total. The summed E-state index contributed by atoms with van der Waals surface area (Å²) in [6.07, 6.45) is 1.64. The van der Waals surface area contributed by atoms with Gasteiger partial charge in [0.05, 0.1) is 5.88 Å². The summed E-state index contributed by atoms with van der Waals surface area (Å²) in [5, 5.41) is 7.92. The van der Waals surface area contributed by atoms with Gasteiger partial charge in [-0.3, -0.25) is 10.3 Å². The lowest BCUT2D eigenvalue weighted by molar-refractivity contribution is 0.173. The molecule has 0 spiro atoms. The Hall–Kier alpha value is -0.970. The first kappa shape index (κ1) is 11.1. The third-order valence-corrected chi connectivity index (χ3v) is 2.90. The van der Waals surface area contributed by atoms with Gasteiger partial charge in [-0.15, -0.1) is 6.58 Å². The molecule has 1 saturated heterocycles. The molecular formula is C9H15N3OS. The summed E-state index contributed by atoms with van der Waals surface area (Å²) in [6.45, 7) is 7.93. The normalized spacial score (nSPS) is 17.9. The van der Waals surface area contributed by atoms with Gasteiger partial charge in [-0.2, -0.15) is 0 Å². The van der Waals surface area contributed by atoms with Crippen LogP contribution in [0, 0.1) is 5.41 Å². The number of nitrogens with zero attached hydrogens (tertiary/aromatic N) is 2. The molecule has 1 aliphatic heterocycles. The van der Waals surface area contributed by atoms with Crippen molar-refractivity contribution in [3.8, 4) is 0 Å². The second-order valence-corrected chi connectivity index (χ2v) is 4.26. The molecule has 0 aromatic rings. The number of carbonyl (C=O) groups excluding carboxylic acids is 1. The molecule has 0 aliphatic carbocycles. The van der Waals surface area contributed by atoms with Gasteiger partial charge in [0.2, 0.25) is 0 Å². The predicted octanol–water partition coefficient (Wildman–Crippen LogP) is 1.94. The Kier molecular flexibility index (Phi) is 3.57. The van der Waals surface area contributed by atoms with Crippen molar-refractivity contribution in [2.45, 2.75) is 19.9 Å². The lowest BCUT2D eigenvalue weighted by atomic mass is 10.3. The summed E-state index contributed by atoms with van der Waals surface area (Å²) < 4.78 is 0. The standard InChI is InChI=1S/C9H15N3OS/c1-4-5-11-8(10)14-6-12(7(2)3)9(11)13/h4,7,10H,1,5-6H2,2-3H3. The highest BCUT2D eigenvalue weighted by Crippen LogP contribution is 2.20. The molecule has 1 rings (SSSR count). The third kappa shape index (κ3) is 2.09. The second kappa shape index (κ2) is 4.50. The molecule has 0 aromatic heterocycles. The smallest absolute Gasteiger partial charge is 0.312 e. The third-order valence-electron chi connectivity index (χ3n) is 2.00. The first-order valence-electron chi connectivity index (χ1n) is 4.48. The Morgan fingerprint density at radius 2 is 2.36 bits per heavy atom. The second-order valence-electron chi connectivity index (χ2n) is 3.32. The first-order chi connectivity index (χ1) is 6.57. The summed E-state index contributed by atoms with van der Waals surface area (Å²) in [5.74, 6) is 0.572. The number of hydrogen-bond donors (Lipinski definition) is 1. The molecule has 1 fully saturated rings. The lowest BCUT2D eigenvalue weighted by Gasteiger charge is -2.36. The topological polar surface area (TPSA) is 47.4 Å². The quantitative estimate of drug-likeness (QED) is 0.728. The van der Waals surface area contributed by atoms with Gasteiger partial charge in [0, 0.05) is 12.6 Å². The number of nitrogens with one attached hydrogen (secondary N) is 1. The van der Waals surface area contributed by atoms with E-state index in [0.29, 0.717) is 17.6 Å². The molecule has 1 aliphatic rings. The van der Waals surface area contributed by atoms with Gasteiger partial charge in [-0.05, 0) is 13.8 Å². The Morgan fingerprint density at radius 3 is 2.86 bits per heavy atom. The highest BCUT2D eigenvalue weighted by molar-refractivity contribution is 8.13. The fourth-order valence-electron chi connectivity index (χ4n) is 1.17. The fourth-order valence-corrected chi connectivity index (χ4v) is 2.14. The zero-order chi connectivity index (χ0) is 10.7. The SMILES string of the molecule is C=CCN1C(=N)SCN(C(C)C)C1=O. The molecule has 0 saturated carbocycles. The number of carbonyl (C=O) groups is 1. The Bertz CT molecular complexity index is 265. The van der Waals surface area contributed by atoms with E-state index >= 15 is 0 Å². The van der Waals surface area contributed by atoms with Crippen molar-refractivity contribution in [1.29, 1.82) is 5.41 Å². The van der Waals surface area contributed by atoms with Crippen LogP contribution in [0.15, 0.2) is 12.7 Å². The number of thioether (sulfide) groups is 1. The molecule has 1 N–H and O–H groups in total. The molecule has 2 amide bonds. The van der Waals surface area contributed by atoms with Crippen molar-refractivity contribution in [3.63, 3.8) is 0 Å². The van der Waals surface area contributed by atoms with Crippen molar-refractivity contribution < 1.29 is 4.79 Å². The van der Waals surface area contributed by atoms with Crippen LogP contribution >= 0.6 is 11.8 Å². The largest absolute Gasteiger partial charge is 0.327 e. The minimum Gasteiger partial charge on any atom is -0.312 e. The van der Waals surface area contributed by atoms with E-state index in [0.717, 1.165) is 0 Å². The van der Waals surface area contributed by atoms with E-state index in [-0.39, 0.29) is 12.1 Å². The minimum atomic E-state index is -0.0938. The van der Waals surface area contributed by atoms with Crippen LogP contribution in [-0.4, -0.2) is 39.5 Å². The van der Waals surface area contributed by atoms with Crippen LogP contribution in [0.1, 0.15) is 13.8 Å². The maximum absolute atomic E-state index is 11.8. The zero-order valence-corrected chi connectivity index (χ0v) is 9.30. The van der Waals surface area contributed by atoms with Crippen molar-refractivity contribution in [2.75, 3.05) is 12.4 Å². The summed E-state index contributed by atoms with van der Waals surface area (Å²) in [7, 11) is 0. The summed E-state index contributed by atoms with van der Waals surface area (Å²) in [5.41, 5.74) is 0. The summed E-state index contributed by atoms with van der Waals surface area (Å²) in [4.78, 5) is 15.0. The molecule has 0 radical (unpaired) electrons. The van der Waals surface area contributed by atoms with Crippen LogP contribution in [0.4, 0.5) is 4.79 Å². The highest BCUT2D eigenvalue weighted by Gasteiger charge is 2.30. The van der Waals surface area contributed by atoms with Crippen molar-refractivity contribution in [3.05, 3.63) is 12.7 Å². The van der Waals surface area contributed by atoms with Crippen LogP contribution in [0.2, 0.25) is 0 Å². The fraction of sp³-hybridized carbons (Fsp3) is 0.556. The van der Waals surface area contributed by atoms with Crippen LogP contribution in [-0.2, 0) is 0 Å². The number of amidine groups is 1. The van der Waals surface area contributed by atoms with Crippen molar-refractivity contribution in [2.24, 2.45) is 0 Å². The van der Waals surface area contributed by atoms with E-state index in [2.05, 4.69) is 6.58 Å². The molecule has 0 atom stereocenters. The highest BCUT2D eigenvalue weighted by atomic mass is 32.2. The van der Waals surface area contributed by atoms with Gasteiger partial charge >= 0.3 is 6.03 Å². The molecule has 0 bridgehead atoms. The molecule has 5 heteroatoms. The van der Waals surface area contributed by atoms with E-state index in [4.69, 9.17) is 5.41 Å². The molecular weight excluding hydrogens is 198 g/mol. The minimum absolute atomic E-state index is 0.0938. The average Bonchev–Trinajstić information content (AvgIpc) is 2.11. The van der Waals surface area contributed by atoms with Gasteiger partial charge in [-0.1, -0.05) is 17.8 Å². The summed E-state index contributed by atoms with van der Waals surface area (Å²) >= 11 is 1.37. The van der Waals surface area contributed by atoms with Crippen molar-refractivity contribution in [1.82, 2.24) is 9.80 Å². The van der Waals surface area contributed by atoms with Crippen molar-refractivity contribution >= 4 is 23.0 Å². The maximum atomic E-state index is 11.8. The zero-order valence-electron chi connectivity index (χ0n) is 8.49. The number of rotatable bonds is 3. The van der Waals surface area contributed by atoms with E-state index < -0.39 is 0 Å². The van der Waals surface area contributed by atoms with E-state index in [1.165, 1.54) is 16.7 Å². The van der Waals surface area contributed by atoms with E-state index in [9.17, 15) is 4.79 Å². The predicted molar refractivity (Wildman–Crippen MR) is 59.5 cm³/mol. The average molecular weight is 213 g/mol. The van der Waals surface area contributed by atoms with Gasteiger partial charge in [0.1, 0.15) is 0 Å². The Balaban J connectivity index is 2.77. The van der Waals surface area contributed by atoms with Gasteiger partial charge in [0.25, 0.3) is 0 Å². The van der Waals surface area contributed by atoms with E-state index in [1.807, 2.05) is 13.8 Å². The monoisotopic (exact) mass is 213 g/mol. The molecule has 0 unspecified atom stereocenters. The molecule has 1 heterocycles. The van der Waals surface area contributed by atoms with Gasteiger partial charge in [0.15, 0.2) is 5.17 Å². The van der Waals surface area contributed by atoms with Crippen LogP contribution in [0.3, 0.4) is 0 Å².